The number of ether oxygens (including phenoxy) is 2. The smallest absolute Gasteiger partial charge is 0.222 e. The Kier molecular flexibility index (Phi) is 2.18. The van der Waals surface area contributed by atoms with E-state index in [9.17, 15) is 0 Å². The number of aromatic nitrogens is 1. The second-order valence-electron chi connectivity index (χ2n) is 5.30. The Bertz CT molecular complexity index is 750. The second kappa shape index (κ2) is 3.81. The molecule has 4 heteroatoms. The van der Waals surface area contributed by atoms with Crippen LogP contribution in [-0.2, 0) is 16.8 Å². The van der Waals surface area contributed by atoms with Crippen LogP contribution in [0, 0.1) is 11.3 Å². The van der Waals surface area contributed by atoms with Crippen LogP contribution in [0.15, 0.2) is 36.5 Å². The summed E-state index contributed by atoms with van der Waals surface area (Å²) in [4.78, 5) is 4.24. The molecule has 2 aliphatic rings. The summed E-state index contributed by atoms with van der Waals surface area (Å²) in [5.41, 5.74) is 2.74. The van der Waals surface area contributed by atoms with Gasteiger partial charge in [-0.05, 0) is 36.2 Å². The number of hydrogen-bond acceptors (Lipinski definition) is 4. The van der Waals surface area contributed by atoms with Gasteiger partial charge in [-0.2, -0.15) is 5.26 Å². The number of hydrogen-bond donors (Lipinski definition) is 0. The fourth-order valence-corrected chi connectivity index (χ4v) is 2.67. The Hall–Kier alpha value is -2.38. The highest BCUT2D eigenvalue weighted by molar-refractivity contribution is 5.50. The van der Waals surface area contributed by atoms with Crippen molar-refractivity contribution in [1.29, 1.82) is 5.26 Å². The molecule has 1 saturated heterocycles. The van der Waals surface area contributed by atoms with Crippen LogP contribution in [0.4, 0.5) is 0 Å². The molecule has 4 nitrogen and oxygen atoms in total. The average molecular weight is 264 g/mol. The number of nitrogens with zero attached hydrogens (tertiary/aromatic N) is 2. The van der Waals surface area contributed by atoms with Gasteiger partial charge in [0.2, 0.25) is 5.88 Å². The summed E-state index contributed by atoms with van der Waals surface area (Å²) >= 11 is 0. The van der Waals surface area contributed by atoms with Crippen LogP contribution < -0.4 is 4.74 Å². The molecule has 1 fully saturated rings. The number of fused-ring (bicyclic) bond motifs is 2. The van der Waals surface area contributed by atoms with Crippen molar-refractivity contribution < 1.29 is 9.47 Å². The van der Waals surface area contributed by atoms with Gasteiger partial charge in [0.25, 0.3) is 0 Å². The predicted molar refractivity (Wildman–Crippen MR) is 71.4 cm³/mol. The summed E-state index contributed by atoms with van der Waals surface area (Å²) in [7, 11) is 0. The average Bonchev–Trinajstić information content (AvgIpc) is 3.17. The van der Waals surface area contributed by atoms with Gasteiger partial charge >= 0.3 is 0 Å². The lowest BCUT2D eigenvalue weighted by molar-refractivity contribution is 0.321. The molecule has 1 aromatic carbocycles. The lowest BCUT2D eigenvalue weighted by Gasteiger charge is -2.20. The molecule has 0 aliphatic carbocycles. The zero-order valence-corrected chi connectivity index (χ0v) is 11.0. The van der Waals surface area contributed by atoms with Gasteiger partial charge in [-0.25, -0.2) is 4.98 Å². The number of nitriles is 1. The molecule has 0 radical (unpaired) electrons. The third kappa shape index (κ3) is 1.54. The van der Waals surface area contributed by atoms with Crippen LogP contribution in [-0.4, -0.2) is 11.1 Å². The molecule has 4 rings (SSSR count). The molecule has 0 N–H and O–H groups in total. The molecule has 2 aromatic rings. The van der Waals surface area contributed by atoms with Crippen molar-refractivity contribution in [3.05, 3.63) is 53.2 Å². The van der Waals surface area contributed by atoms with Crippen LogP contribution in [0.2, 0.25) is 0 Å². The first-order valence-electron chi connectivity index (χ1n) is 6.53. The minimum atomic E-state index is -0.473. The van der Waals surface area contributed by atoms with Crippen molar-refractivity contribution in [2.45, 2.75) is 25.0 Å². The van der Waals surface area contributed by atoms with Gasteiger partial charge in [-0.15, -0.1) is 0 Å². The second-order valence-corrected chi connectivity index (χ2v) is 5.30. The molecular formula is C16H12N2O2. The van der Waals surface area contributed by atoms with Crippen LogP contribution >= 0.6 is 0 Å². The molecule has 2 unspecified atom stereocenters. The maximum atomic E-state index is 8.96. The van der Waals surface area contributed by atoms with Crippen molar-refractivity contribution in [3.8, 4) is 17.7 Å². The fraction of sp³-hybridized carbons (Fsp3) is 0.250. The zero-order chi connectivity index (χ0) is 13.7. The molecule has 20 heavy (non-hydrogen) atoms. The Morgan fingerprint density at radius 2 is 2.25 bits per heavy atom. The summed E-state index contributed by atoms with van der Waals surface area (Å²) in [5.74, 6) is 1.51. The topological polar surface area (TPSA) is 58.4 Å². The summed E-state index contributed by atoms with van der Waals surface area (Å²) in [6, 6.07) is 12.1. The molecule has 0 bridgehead atoms. The van der Waals surface area contributed by atoms with Gasteiger partial charge < -0.3 is 9.47 Å². The van der Waals surface area contributed by atoms with Gasteiger partial charge in [0.15, 0.2) is 6.10 Å². The van der Waals surface area contributed by atoms with E-state index in [1.807, 2.05) is 31.2 Å². The number of benzene rings is 1. The van der Waals surface area contributed by atoms with Crippen molar-refractivity contribution in [2.24, 2.45) is 0 Å². The van der Waals surface area contributed by atoms with E-state index < -0.39 is 5.60 Å². The van der Waals surface area contributed by atoms with Gasteiger partial charge in [0.1, 0.15) is 11.4 Å². The van der Waals surface area contributed by atoms with Crippen molar-refractivity contribution in [2.75, 3.05) is 0 Å². The lowest BCUT2D eigenvalue weighted by atomic mass is 9.93. The molecule has 0 amide bonds. The SMILES string of the molecule is CC1(c2ccc3c(c2)Cc2cccnc2O3)OC1C#N. The van der Waals surface area contributed by atoms with Crippen LogP contribution in [0.3, 0.4) is 0 Å². The fourth-order valence-electron chi connectivity index (χ4n) is 2.67. The first-order valence-corrected chi connectivity index (χ1v) is 6.53. The highest BCUT2D eigenvalue weighted by Gasteiger charge is 2.54. The highest BCUT2D eigenvalue weighted by Crippen LogP contribution is 2.47. The Labute approximate surface area is 116 Å². The van der Waals surface area contributed by atoms with E-state index in [2.05, 4.69) is 17.1 Å². The molecule has 1 aromatic heterocycles. The number of epoxide rings is 1. The van der Waals surface area contributed by atoms with E-state index in [-0.39, 0.29) is 6.10 Å². The monoisotopic (exact) mass is 264 g/mol. The van der Waals surface area contributed by atoms with Crippen LogP contribution in [0.25, 0.3) is 0 Å². The van der Waals surface area contributed by atoms with Crippen molar-refractivity contribution in [1.82, 2.24) is 4.98 Å². The quantitative estimate of drug-likeness (QED) is 0.634. The highest BCUT2D eigenvalue weighted by atomic mass is 16.6. The summed E-state index contributed by atoms with van der Waals surface area (Å²) in [6.07, 6.45) is 2.17. The maximum absolute atomic E-state index is 8.96. The Morgan fingerprint density at radius 3 is 3.05 bits per heavy atom. The minimum absolute atomic E-state index is 0.348. The van der Waals surface area contributed by atoms with Gasteiger partial charge in [-0.1, -0.05) is 12.1 Å². The first-order chi connectivity index (χ1) is 9.70. The molecule has 0 saturated carbocycles. The first kappa shape index (κ1) is 11.4. The molecular weight excluding hydrogens is 252 g/mol. The standard InChI is InChI=1S/C16H12N2O2/c1-16(14(9-17)20-16)12-4-5-13-11(8-12)7-10-3-2-6-18-15(10)19-13/h2-6,8,14H,7H2,1H3. The number of rotatable bonds is 1. The van der Waals surface area contributed by atoms with Crippen molar-refractivity contribution in [3.63, 3.8) is 0 Å². The normalized spacial score (nSPS) is 25.9. The summed E-state index contributed by atoms with van der Waals surface area (Å²) in [5, 5.41) is 8.96. The Morgan fingerprint density at radius 1 is 1.35 bits per heavy atom. The van der Waals surface area contributed by atoms with E-state index in [1.54, 1.807) is 6.20 Å². The third-order valence-corrected chi connectivity index (χ3v) is 3.99. The van der Waals surface area contributed by atoms with Crippen LogP contribution in [0.5, 0.6) is 11.6 Å². The van der Waals surface area contributed by atoms with Crippen LogP contribution in [0.1, 0.15) is 23.6 Å². The van der Waals surface area contributed by atoms with E-state index in [0.29, 0.717) is 5.88 Å². The lowest BCUT2D eigenvalue weighted by Crippen LogP contribution is -2.10. The van der Waals surface area contributed by atoms with E-state index >= 15 is 0 Å². The summed E-state index contributed by atoms with van der Waals surface area (Å²) in [6.45, 7) is 1.95. The third-order valence-electron chi connectivity index (χ3n) is 3.99. The largest absolute Gasteiger partial charge is 0.438 e. The number of pyridine rings is 1. The Balaban J connectivity index is 1.73. The van der Waals surface area contributed by atoms with E-state index in [1.165, 1.54) is 0 Å². The predicted octanol–water partition coefficient (Wildman–Crippen LogP) is 2.92. The van der Waals surface area contributed by atoms with Gasteiger partial charge in [-0.3, -0.25) is 0 Å². The molecule has 3 heterocycles. The summed E-state index contributed by atoms with van der Waals surface area (Å²) < 4.78 is 11.3. The molecule has 2 atom stereocenters. The van der Waals surface area contributed by atoms with Gasteiger partial charge in [0.05, 0.1) is 6.07 Å². The van der Waals surface area contributed by atoms with E-state index in [4.69, 9.17) is 14.7 Å². The van der Waals surface area contributed by atoms with Gasteiger partial charge in [0, 0.05) is 18.2 Å². The maximum Gasteiger partial charge on any atom is 0.222 e. The molecule has 0 spiro atoms. The zero-order valence-electron chi connectivity index (χ0n) is 11.0. The van der Waals surface area contributed by atoms with Crippen molar-refractivity contribution >= 4 is 0 Å². The molecule has 98 valence electrons. The minimum Gasteiger partial charge on any atom is -0.438 e. The van der Waals surface area contributed by atoms with E-state index in [0.717, 1.165) is 28.9 Å². The molecule has 2 aliphatic heterocycles.